The lowest BCUT2D eigenvalue weighted by Crippen LogP contribution is -2.50. The van der Waals surface area contributed by atoms with Crippen LogP contribution in [-0.2, 0) is 14.8 Å². The highest BCUT2D eigenvalue weighted by Gasteiger charge is 2.31. The summed E-state index contributed by atoms with van der Waals surface area (Å²) in [5.74, 6) is 0.0892. The molecule has 2 aliphatic heterocycles. The Kier molecular flexibility index (Phi) is 5.91. The Labute approximate surface area is 154 Å². The first-order valence-corrected chi connectivity index (χ1v) is 10.5. The average Bonchev–Trinajstić information content (AvgIpc) is 3.19. The van der Waals surface area contributed by atoms with Gasteiger partial charge in [-0.25, -0.2) is 8.42 Å². The molecule has 2 heterocycles. The molecule has 0 radical (unpaired) electrons. The molecule has 3 rings (SSSR count). The van der Waals surface area contributed by atoms with Crippen molar-refractivity contribution < 1.29 is 13.2 Å². The van der Waals surface area contributed by atoms with E-state index in [9.17, 15) is 13.2 Å². The Morgan fingerprint density at radius 1 is 1.04 bits per heavy atom. The predicted molar refractivity (Wildman–Crippen MR) is 96.8 cm³/mol. The van der Waals surface area contributed by atoms with Gasteiger partial charge in [0.1, 0.15) is 6.07 Å². The van der Waals surface area contributed by atoms with E-state index in [0.717, 1.165) is 19.6 Å². The summed E-state index contributed by atoms with van der Waals surface area (Å²) < 4.78 is 27.0. The highest BCUT2D eigenvalue weighted by Crippen LogP contribution is 2.21. The van der Waals surface area contributed by atoms with Crippen LogP contribution in [0.1, 0.15) is 24.8 Å². The minimum absolute atomic E-state index is 0.0382. The van der Waals surface area contributed by atoms with Crippen molar-refractivity contribution in [2.75, 3.05) is 45.8 Å². The van der Waals surface area contributed by atoms with Crippen molar-refractivity contribution in [3.63, 3.8) is 0 Å². The molecule has 7 nitrogen and oxygen atoms in total. The molecule has 0 unspecified atom stereocenters. The van der Waals surface area contributed by atoms with Gasteiger partial charge in [0.05, 0.1) is 10.5 Å². The summed E-state index contributed by atoms with van der Waals surface area (Å²) in [6.45, 7) is 4.23. The molecule has 1 aromatic carbocycles. The van der Waals surface area contributed by atoms with E-state index < -0.39 is 10.0 Å². The number of hydrogen-bond acceptors (Lipinski definition) is 5. The zero-order chi connectivity index (χ0) is 18.6. The number of nitriles is 1. The van der Waals surface area contributed by atoms with Crippen LogP contribution in [0.5, 0.6) is 0 Å². The first-order chi connectivity index (χ1) is 12.5. The van der Waals surface area contributed by atoms with Crippen molar-refractivity contribution in [3.05, 3.63) is 29.8 Å². The van der Waals surface area contributed by atoms with Crippen LogP contribution in [-0.4, -0.2) is 74.2 Å². The second kappa shape index (κ2) is 8.16. The minimum Gasteiger partial charge on any atom is -0.340 e. The zero-order valence-electron chi connectivity index (χ0n) is 14.8. The Morgan fingerprint density at radius 2 is 1.69 bits per heavy atom. The number of carbonyl (C=O) groups is 1. The fourth-order valence-electron chi connectivity index (χ4n) is 3.52. The lowest BCUT2D eigenvalue weighted by atomic mass is 10.2. The second-order valence-electron chi connectivity index (χ2n) is 6.69. The largest absolute Gasteiger partial charge is 0.340 e. The van der Waals surface area contributed by atoms with Crippen molar-refractivity contribution >= 4 is 15.9 Å². The first-order valence-electron chi connectivity index (χ1n) is 9.02. The smallest absolute Gasteiger partial charge is 0.244 e. The molecule has 0 saturated carbocycles. The van der Waals surface area contributed by atoms with Gasteiger partial charge in [0.2, 0.25) is 15.9 Å². The molecule has 1 amide bonds. The fourth-order valence-corrected chi connectivity index (χ4v) is 5.08. The summed E-state index contributed by atoms with van der Waals surface area (Å²) in [5, 5.41) is 9.15. The van der Waals surface area contributed by atoms with Crippen LogP contribution >= 0.6 is 0 Å². The zero-order valence-corrected chi connectivity index (χ0v) is 15.6. The molecule has 2 saturated heterocycles. The summed E-state index contributed by atoms with van der Waals surface area (Å²) in [6.07, 6.45) is 2.90. The predicted octanol–water partition coefficient (Wildman–Crippen LogP) is 0.877. The van der Waals surface area contributed by atoms with Gasteiger partial charge in [0.25, 0.3) is 0 Å². The highest BCUT2D eigenvalue weighted by molar-refractivity contribution is 7.89. The van der Waals surface area contributed by atoms with Gasteiger partial charge in [-0.3, -0.25) is 4.79 Å². The SMILES string of the molecule is N#Cc1ccccc1S(=O)(=O)N1CCN(C(=O)CCN2CCCC2)CC1. The molecule has 0 N–H and O–H groups in total. The number of rotatable bonds is 5. The number of nitrogens with zero attached hydrogens (tertiary/aromatic N) is 4. The summed E-state index contributed by atoms with van der Waals surface area (Å²) >= 11 is 0. The van der Waals surface area contributed by atoms with E-state index >= 15 is 0 Å². The Balaban J connectivity index is 1.57. The number of piperazine rings is 1. The van der Waals surface area contributed by atoms with E-state index in [0.29, 0.717) is 19.5 Å². The normalized spacial score (nSPS) is 19.4. The van der Waals surface area contributed by atoms with Crippen LogP contribution in [0.3, 0.4) is 0 Å². The molecular weight excluding hydrogens is 352 g/mol. The van der Waals surface area contributed by atoms with Crippen LogP contribution in [0.2, 0.25) is 0 Å². The first kappa shape index (κ1) is 18.8. The van der Waals surface area contributed by atoms with E-state index in [1.54, 1.807) is 17.0 Å². The van der Waals surface area contributed by atoms with Crippen LogP contribution < -0.4 is 0 Å². The lowest BCUT2D eigenvalue weighted by molar-refractivity contribution is -0.132. The maximum Gasteiger partial charge on any atom is 0.244 e. The van der Waals surface area contributed by atoms with Gasteiger partial charge in [-0.05, 0) is 38.1 Å². The summed E-state index contributed by atoms with van der Waals surface area (Å²) in [4.78, 5) is 16.5. The topological polar surface area (TPSA) is 84.7 Å². The molecule has 140 valence electrons. The third kappa shape index (κ3) is 4.06. The maximum absolute atomic E-state index is 12.8. The second-order valence-corrected chi connectivity index (χ2v) is 8.60. The molecule has 0 spiro atoms. The van der Waals surface area contributed by atoms with Crippen molar-refractivity contribution in [2.24, 2.45) is 0 Å². The standard InChI is InChI=1S/C18H24N4O3S/c19-15-16-5-1-2-6-17(16)26(24,25)22-13-11-21(12-14-22)18(23)7-10-20-8-3-4-9-20/h1-2,5-6H,3-4,7-14H2. The maximum atomic E-state index is 12.8. The number of likely N-dealkylation sites (tertiary alicyclic amines) is 1. The van der Waals surface area contributed by atoms with Crippen LogP contribution in [0, 0.1) is 11.3 Å². The van der Waals surface area contributed by atoms with Gasteiger partial charge in [0.15, 0.2) is 0 Å². The summed E-state index contributed by atoms with van der Waals surface area (Å²) in [7, 11) is -3.71. The van der Waals surface area contributed by atoms with Gasteiger partial charge in [-0.2, -0.15) is 9.57 Å². The van der Waals surface area contributed by atoms with Gasteiger partial charge >= 0.3 is 0 Å². The molecule has 1 aromatic rings. The molecule has 2 aliphatic rings. The molecule has 0 atom stereocenters. The lowest BCUT2D eigenvalue weighted by Gasteiger charge is -2.34. The van der Waals surface area contributed by atoms with Crippen molar-refractivity contribution in [2.45, 2.75) is 24.2 Å². The van der Waals surface area contributed by atoms with Gasteiger partial charge in [0, 0.05) is 39.1 Å². The van der Waals surface area contributed by atoms with Gasteiger partial charge in [-0.1, -0.05) is 12.1 Å². The third-order valence-electron chi connectivity index (χ3n) is 5.06. The number of carbonyl (C=O) groups excluding carboxylic acids is 1. The number of sulfonamides is 1. The van der Waals surface area contributed by atoms with E-state index in [2.05, 4.69) is 4.90 Å². The van der Waals surface area contributed by atoms with Crippen LogP contribution in [0.25, 0.3) is 0 Å². The highest BCUT2D eigenvalue weighted by atomic mass is 32.2. The van der Waals surface area contributed by atoms with E-state index in [-0.39, 0.29) is 29.5 Å². The molecule has 0 aliphatic carbocycles. The molecule has 2 fully saturated rings. The van der Waals surface area contributed by atoms with Crippen LogP contribution in [0.4, 0.5) is 0 Å². The third-order valence-corrected chi connectivity index (χ3v) is 7.01. The average molecular weight is 376 g/mol. The Hall–Kier alpha value is -1.95. The summed E-state index contributed by atoms with van der Waals surface area (Å²) in [6, 6.07) is 8.17. The number of benzene rings is 1. The quantitative estimate of drug-likeness (QED) is 0.762. The van der Waals surface area contributed by atoms with Gasteiger partial charge < -0.3 is 9.80 Å². The van der Waals surface area contributed by atoms with Gasteiger partial charge in [-0.15, -0.1) is 0 Å². The Morgan fingerprint density at radius 3 is 2.35 bits per heavy atom. The van der Waals surface area contributed by atoms with Crippen molar-refractivity contribution in [1.29, 1.82) is 5.26 Å². The molecular formula is C18H24N4O3S. The fraction of sp³-hybridized carbons (Fsp3) is 0.556. The van der Waals surface area contributed by atoms with Crippen molar-refractivity contribution in [3.8, 4) is 6.07 Å². The molecule has 0 bridgehead atoms. The Bertz CT molecular complexity index is 789. The molecule has 0 aromatic heterocycles. The van der Waals surface area contributed by atoms with Crippen molar-refractivity contribution in [1.82, 2.24) is 14.1 Å². The van der Waals surface area contributed by atoms with E-state index in [1.807, 2.05) is 6.07 Å². The minimum atomic E-state index is -3.71. The molecule has 8 heteroatoms. The molecule has 26 heavy (non-hydrogen) atoms. The summed E-state index contributed by atoms with van der Waals surface area (Å²) in [5.41, 5.74) is 0.150. The van der Waals surface area contributed by atoms with E-state index in [4.69, 9.17) is 5.26 Å². The number of amides is 1. The number of hydrogen-bond donors (Lipinski definition) is 0. The van der Waals surface area contributed by atoms with E-state index in [1.165, 1.54) is 29.3 Å². The van der Waals surface area contributed by atoms with Crippen LogP contribution in [0.15, 0.2) is 29.2 Å². The monoisotopic (exact) mass is 376 g/mol.